The Bertz CT molecular complexity index is 1250. The number of nitrogens with zero attached hydrogens (tertiary/aromatic N) is 2. The van der Waals surface area contributed by atoms with Crippen molar-refractivity contribution < 1.29 is 9.53 Å². The number of aromatic nitrogens is 2. The number of rotatable bonds is 9. The van der Waals surface area contributed by atoms with E-state index in [0.29, 0.717) is 18.7 Å². The molecule has 3 N–H and O–H groups in total. The van der Waals surface area contributed by atoms with Crippen molar-refractivity contribution in [3.63, 3.8) is 0 Å². The van der Waals surface area contributed by atoms with Gasteiger partial charge >= 0.3 is 5.69 Å². The second-order valence-electron chi connectivity index (χ2n) is 7.52. The molecule has 3 aromatic rings. The van der Waals surface area contributed by atoms with E-state index in [1.807, 2.05) is 49.4 Å². The van der Waals surface area contributed by atoms with Crippen LogP contribution < -0.4 is 26.6 Å². The molecule has 1 amide bonds. The third kappa shape index (κ3) is 5.79. The molecule has 0 fully saturated rings. The van der Waals surface area contributed by atoms with Gasteiger partial charge in [0.15, 0.2) is 5.69 Å². The van der Waals surface area contributed by atoms with Gasteiger partial charge in [-0.05, 0) is 35.8 Å². The molecule has 0 radical (unpaired) electrons. The zero-order valence-corrected chi connectivity index (χ0v) is 18.8. The molecule has 1 heterocycles. The topological polar surface area (TPSA) is 110 Å². The van der Waals surface area contributed by atoms with Gasteiger partial charge in [-0.25, -0.2) is 4.79 Å². The lowest BCUT2D eigenvalue weighted by Gasteiger charge is -2.23. The van der Waals surface area contributed by atoms with Crippen molar-refractivity contribution in [2.24, 2.45) is 0 Å². The lowest BCUT2D eigenvalue weighted by Crippen LogP contribution is -2.40. The Labute approximate surface area is 191 Å². The Kier molecular flexibility index (Phi) is 7.86. The zero-order chi connectivity index (χ0) is 23.8. The molecule has 0 aliphatic carbocycles. The van der Waals surface area contributed by atoms with Gasteiger partial charge in [0.1, 0.15) is 11.6 Å². The number of unbranched alkanes of at least 4 members (excludes halogenated alkanes) is 1. The number of aromatic amines is 1. The largest absolute Gasteiger partial charge is 0.497 e. The molecular weight excluding hydrogens is 420 g/mol. The average molecular weight is 449 g/mol. The summed E-state index contributed by atoms with van der Waals surface area (Å²) >= 11 is 0. The van der Waals surface area contributed by atoms with E-state index in [4.69, 9.17) is 10.5 Å². The van der Waals surface area contributed by atoms with Crippen molar-refractivity contribution >= 4 is 23.5 Å². The summed E-state index contributed by atoms with van der Waals surface area (Å²) in [6.45, 7) is 2.45. The molecule has 33 heavy (non-hydrogen) atoms. The number of carbonyl (C=O) groups excluding carboxylic acids is 1. The highest BCUT2D eigenvalue weighted by molar-refractivity contribution is 6.05. The van der Waals surface area contributed by atoms with Crippen molar-refractivity contribution in [1.82, 2.24) is 9.55 Å². The van der Waals surface area contributed by atoms with Crippen LogP contribution in [0.3, 0.4) is 0 Å². The van der Waals surface area contributed by atoms with E-state index >= 15 is 0 Å². The van der Waals surface area contributed by atoms with Crippen LogP contribution in [0, 0.1) is 0 Å². The minimum Gasteiger partial charge on any atom is -0.497 e. The van der Waals surface area contributed by atoms with E-state index in [0.717, 1.165) is 17.5 Å². The first kappa shape index (κ1) is 23.6. The van der Waals surface area contributed by atoms with Crippen molar-refractivity contribution in [1.29, 1.82) is 0 Å². The van der Waals surface area contributed by atoms with Crippen LogP contribution in [0.25, 0.3) is 6.08 Å². The number of anilines is 2. The number of nitrogens with one attached hydrogen (secondary N) is 1. The molecule has 0 aliphatic rings. The van der Waals surface area contributed by atoms with Crippen LogP contribution in [0.15, 0.2) is 70.3 Å². The highest BCUT2D eigenvalue weighted by Crippen LogP contribution is 2.21. The van der Waals surface area contributed by atoms with Gasteiger partial charge in [-0.1, -0.05) is 55.8 Å². The molecule has 0 atom stereocenters. The Morgan fingerprint density at radius 2 is 1.91 bits per heavy atom. The minimum absolute atomic E-state index is 0.0312. The number of nitrogen functional groups attached to an aromatic ring is 1. The second-order valence-corrected chi connectivity index (χ2v) is 7.52. The van der Waals surface area contributed by atoms with Crippen LogP contribution in [-0.2, 0) is 17.9 Å². The quantitative estimate of drug-likeness (QED) is 0.489. The average Bonchev–Trinajstić information content (AvgIpc) is 2.82. The molecule has 8 nitrogen and oxygen atoms in total. The fraction of sp³-hybridized carbons (Fsp3) is 0.240. The first-order valence-electron chi connectivity index (χ1n) is 10.7. The number of nitrogens with two attached hydrogens (primary N) is 1. The maximum absolute atomic E-state index is 13.3. The fourth-order valence-electron chi connectivity index (χ4n) is 3.41. The van der Waals surface area contributed by atoms with Gasteiger partial charge in [0.25, 0.3) is 11.5 Å². The molecule has 0 unspecified atom stereocenters. The fourth-order valence-corrected chi connectivity index (χ4v) is 3.41. The van der Waals surface area contributed by atoms with E-state index in [9.17, 15) is 14.4 Å². The van der Waals surface area contributed by atoms with Crippen LogP contribution in [0.2, 0.25) is 0 Å². The zero-order valence-electron chi connectivity index (χ0n) is 18.8. The van der Waals surface area contributed by atoms with Crippen molar-refractivity contribution in [3.8, 4) is 5.75 Å². The number of benzene rings is 2. The van der Waals surface area contributed by atoms with Crippen LogP contribution in [-0.4, -0.2) is 22.6 Å². The number of amides is 1. The van der Waals surface area contributed by atoms with Crippen LogP contribution in [0.4, 0.5) is 11.5 Å². The van der Waals surface area contributed by atoms with E-state index < -0.39 is 17.2 Å². The summed E-state index contributed by atoms with van der Waals surface area (Å²) in [7, 11) is 1.57. The molecule has 172 valence electrons. The minimum atomic E-state index is -0.704. The normalized spacial score (nSPS) is 11.0. The predicted octanol–water partition coefficient (Wildman–Crippen LogP) is 3.17. The van der Waals surface area contributed by atoms with Gasteiger partial charge in [0.05, 0.1) is 13.7 Å². The molecule has 0 spiro atoms. The summed E-state index contributed by atoms with van der Waals surface area (Å²) < 4.78 is 6.52. The Balaban J connectivity index is 2.05. The van der Waals surface area contributed by atoms with E-state index in [-0.39, 0.29) is 18.1 Å². The summed E-state index contributed by atoms with van der Waals surface area (Å²) in [5.41, 5.74) is 6.50. The molecular formula is C25H28N4O4. The van der Waals surface area contributed by atoms with Crippen molar-refractivity contribution in [2.75, 3.05) is 17.7 Å². The van der Waals surface area contributed by atoms with Gasteiger partial charge in [0, 0.05) is 12.6 Å². The van der Waals surface area contributed by atoms with Gasteiger partial charge in [-0.15, -0.1) is 0 Å². The van der Waals surface area contributed by atoms with Crippen molar-refractivity contribution in [3.05, 3.63) is 92.6 Å². The molecule has 0 saturated heterocycles. The van der Waals surface area contributed by atoms with Gasteiger partial charge in [-0.2, -0.15) is 0 Å². The van der Waals surface area contributed by atoms with Gasteiger partial charge in [-0.3, -0.25) is 24.0 Å². The maximum Gasteiger partial charge on any atom is 0.330 e. The monoisotopic (exact) mass is 448 g/mol. The maximum atomic E-state index is 13.3. The highest BCUT2D eigenvalue weighted by atomic mass is 16.5. The molecule has 0 aliphatic heterocycles. The van der Waals surface area contributed by atoms with Crippen molar-refractivity contribution in [2.45, 2.75) is 32.9 Å². The summed E-state index contributed by atoms with van der Waals surface area (Å²) in [6.07, 6.45) is 4.56. The van der Waals surface area contributed by atoms with E-state index in [1.165, 1.54) is 15.5 Å². The summed E-state index contributed by atoms with van der Waals surface area (Å²) in [4.78, 5) is 42.0. The first-order valence-corrected chi connectivity index (χ1v) is 10.7. The molecule has 2 aromatic carbocycles. The van der Waals surface area contributed by atoms with Crippen LogP contribution in [0.1, 0.15) is 30.9 Å². The molecule has 3 rings (SSSR count). The highest BCUT2D eigenvalue weighted by Gasteiger charge is 2.23. The smallest absolute Gasteiger partial charge is 0.330 e. The second kappa shape index (κ2) is 11.0. The molecule has 0 bridgehead atoms. The van der Waals surface area contributed by atoms with Gasteiger partial charge in [0.2, 0.25) is 0 Å². The third-order valence-electron chi connectivity index (χ3n) is 5.18. The number of H-pyrrole nitrogens is 1. The van der Waals surface area contributed by atoms with Crippen LogP contribution in [0.5, 0.6) is 5.75 Å². The number of hydrogen-bond acceptors (Lipinski definition) is 5. The summed E-state index contributed by atoms with van der Waals surface area (Å²) in [5.74, 6) is 0.185. The predicted molar refractivity (Wildman–Crippen MR) is 130 cm³/mol. The lowest BCUT2D eigenvalue weighted by atomic mass is 10.1. The number of methoxy groups -OCH3 is 1. The lowest BCUT2D eigenvalue weighted by molar-refractivity contribution is -0.114. The van der Waals surface area contributed by atoms with Gasteiger partial charge < -0.3 is 10.5 Å². The van der Waals surface area contributed by atoms with Crippen LogP contribution >= 0.6 is 0 Å². The number of ether oxygens (including phenoxy) is 1. The SMILES string of the molecule is CCCCn1c(N)c(N(Cc2ccccc2)C(=O)C=Cc2cccc(OC)c2)c(=O)[nH]c1=O. The molecule has 8 heteroatoms. The Morgan fingerprint density at radius 3 is 2.61 bits per heavy atom. The van der Waals surface area contributed by atoms with E-state index in [2.05, 4.69) is 4.98 Å². The number of carbonyl (C=O) groups is 1. The standard InChI is InChI=1S/C25H28N4O4/c1-3-4-15-28-23(26)22(24(31)27-25(28)32)29(17-19-9-6-5-7-10-19)21(30)14-13-18-11-8-12-20(16-18)33-2/h5-14,16H,3-4,15,17,26H2,1-2H3,(H,27,31,32). The summed E-state index contributed by atoms with van der Waals surface area (Å²) in [6, 6.07) is 16.5. The first-order chi connectivity index (χ1) is 15.9. The molecule has 1 aromatic heterocycles. The Hall–Kier alpha value is -4.07. The molecule has 0 saturated carbocycles. The summed E-state index contributed by atoms with van der Waals surface area (Å²) in [5, 5.41) is 0. The number of hydrogen-bond donors (Lipinski definition) is 2. The third-order valence-corrected chi connectivity index (χ3v) is 5.18. The van der Waals surface area contributed by atoms with E-state index in [1.54, 1.807) is 25.3 Å². The Morgan fingerprint density at radius 1 is 1.15 bits per heavy atom.